The lowest BCUT2D eigenvalue weighted by molar-refractivity contribution is -0.384. The number of anilines is 1. The molecule has 0 spiro atoms. The average molecular weight is 420 g/mol. The van der Waals surface area contributed by atoms with Crippen LogP contribution in [0.2, 0.25) is 0 Å². The van der Waals surface area contributed by atoms with E-state index in [0.717, 1.165) is 29.9 Å². The fourth-order valence-electron chi connectivity index (χ4n) is 3.37. The highest BCUT2D eigenvalue weighted by molar-refractivity contribution is 5.95. The van der Waals surface area contributed by atoms with Crippen molar-refractivity contribution in [3.05, 3.63) is 76.0 Å². The highest BCUT2D eigenvalue weighted by atomic mass is 16.6. The van der Waals surface area contributed by atoms with Gasteiger partial charge in [-0.3, -0.25) is 14.9 Å². The summed E-state index contributed by atoms with van der Waals surface area (Å²) < 4.78 is 5.40. The van der Waals surface area contributed by atoms with Gasteiger partial charge >= 0.3 is 0 Å². The minimum Gasteiger partial charge on any atom is -0.377 e. The summed E-state index contributed by atoms with van der Waals surface area (Å²) in [6.45, 7) is 0.496. The number of amides is 1. The van der Waals surface area contributed by atoms with E-state index in [1.54, 1.807) is 24.1 Å². The first-order valence-corrected chi connectivity index (χ1v) is 10.3. The summed E-state index contributed by atoms with van der Waals surface area (Å²) in [4.78, 5) is 25.3. The van der Waals surface area contributed by atoms with E-state index in [2.05, 4.69) is 10.5 Å². The van der Waals surface area contributed by atoms with Crippen LogP contribution in [0.3, 0.4) is 0 Å². The van der Waals surface area contributed by atoms with E-state index in [-0.39, 0.29) is 11.6 Å². The molecule has 1 aliphatic carbocycles. The fraction of sp³-hybridized carbons (Fsp3) is 0.304. The zero-order chi connectivity index (χ0) is 21.8. The molecule has 8 heteroatoms. The predicted octanol–water partition coefficient (Wildman–Crippen LogP) is 4.53. The van der Waals surface area contributed by atoms with E-state index in [4.69, 9.17) is 4.52 Å². The molecule has 0 unspecified atom stereocenters. The molecule has 1 N–H and O–H groups in total. The summed E-state index contributed by atoms with van der Waals surface area (Å²) in [5.41, 5.74) is 2.48. The Labute approximate surface area is 180 Å². The molecular formula is C23H24N4O4. The van der Waals surface area contributed by atoms with E-state index >= 15 is 0 Å². The maximum atomic E-state index is 12.7. The second-order valence-corrected chi connectivity index (χ2v) is 7.78. The minimum atomic E-state index is -0.449. The van der Waals surface area contributed by atoms with Gasteiger partial charge in [-0.05, 0) is 31.4 Å². The molecule has 31 heavy (non-hydrogen) atoms. The number of nitro groups is 1. The van der Waals surface area contributed by atoms with E-state index in [1.807, 2.05) is 36.4 Å². The van der Waals surface area contributed by atoms with Crippen molar-refractivity contribution in [1.82, 2.24) is 10.1 Å². The third-order valence-corrected chi connectivity index (χ3v) is 5.27. The average Bonchev–Trinajstić information content (AvgIpc) is 3.47. The van der Waals surface area contributed by atoms with Crippen LogP contribution < -0.4 is 5.32 Å². The molecule has 3 aromatic rings. The normalized spacial score (nSPS) is 13.1. The van der Waals surface area contributed by atoms with E-state index in [1.165, 1.54) is 6.07 Å². The Bertz CT molecular complexity index is 1080. The van der Waals surface area contributed by atoms with Gasteiger partial charge in [0.25, 0.3) is 11.6 Å². The number of nitrogens with zero attached hydrogens (tertiary/aromatic N) is 3. The zero-order valence-corrected chi connectivity index (χ0v) is 17.3. The Kier molecular flexibility index (Phi) is 5.97. The molecule has 0 radical (unpaired) electrons. The minimum absolute atomic E-state index is 0.0683. The van der Waals surface area contributed by atoms with Crippen molar-refractivity contribution in [1.29, 1.82) is 0 Å². The van der Waals surface area contributed by atoms with Crippen LogP contribution >= 0.6 is 0 Å². The van der Waals surface area contributed by atoms with Gasteiger partial charge in [0.05, 0.1) is 4.92 Å². The fourth-order valence-corrected chi connectivity index (χ4v) is 3.37. The van der Waals surface area contributed by atoms with E-state index in [0.29, 0.717) is 36.7 Å². The van der Waals surface area contributed by atoms with Crippen molar-refractivity contribution in [2.45, 2.75) is 31.7 Å². The highest BCUT2D eigenvalue weighted by Crippen LogP contribution is 2.31. The monoisotopic (exact) mass is 420 g/mol. The summed E-state index contributed by atoms with van der Waals surface area (Å²) in [5.74, 6) is 0.509. The zero-order valence-electron chi connectivity index (χ0n) is 17.3. The molecular weight excluding hydrogens is 396 g/mol. The van der Waals surface area contributed by atoms with Crippen LogP contribution in [0.1, 0.15) is 35.4 Å². The smallest absolute Gasteiger partial charge is 0.293 e. The number of hydrogen-bond donors (Lipinski definition) is 1. The largest absolute Gasteiger partial charge is 0.377 e. The quantitative estimate of drug-likeness (QED) is 0.403. The summed E-state index contributed by atoms with van der Waals surface area (Å²) in [6, 6.07) is 16.6. The van der Waals surface area contributed by atoms with Gasteiger partial charge in [-0.25, -0.2) is 0 Å². The van der Waals surface area contributed by atoms with Crippen LogP contribution in [0.25, 0.3) is 11.3 Å². The van der Waals surface area contributed by atoms with Crippen molar-refractivity contribution in [3.8, 4) is 11.3 Å². The molecule has 8 nitrogen and oxygen atoms in total. The van der Waals surface area contributed by atoms with Gasteiger partial charge in [-0.15, -0.1) is 0 Å². The maximum Gasteiger partial charge on any atom is 0.293 e. The van der Waals surface area contributed by atoms with Gasteiger partial charge < -0.3 is 14.7 Å². The van der Waals surface area contributed by atoms with Gasteiger partial charge in [-0.1, -0.05) is 35.5 Å². The molecule has 1 fully saturated rings. The van der Waals surface area contributed by atoms with Gasteiger partial charge in [0.1, 0.15) is 17.1 Å². The maximum absolute atomic E-state index is 12.7. The van der Waals surface area contributed by atoms with Gasteiger partial charge in [0, 0.05) is 49.3 Å². The van der Waals surface area contributed by atoms with Crippen LogP contribution in [0, 0.1) is 10.1 Å². The molecule has 4 rings (SSSR count). The van der Waals surface area contributed by atoms with Crippen LogP contribution in [0.4, 0.5) is 11.4 Å². The van der Waals surface area contributed by atoms with Crippen molar-refractivity contribution in [2.24, 2.45) is 0 Å². The molecule has 1 heterocycles. The molecule has 0 atom stereocenters. The molecule has 2 aromatic carbocycles. The molecule has 1 saturated carbocycles. The van der Waals surface area contributed by atoms with Crippen LogP contribution in [-0.4, -0.2) is 40.5 Å². The molecule has 1 aromatic heterocycles. The number of aryl methyl sites for hydroxylation is 1. The van der Waals surface area contributed by atoms with Crippen LogP contribution in [0.5, 0.6) is 0 Å². The van der Waals surface area contributed by atoms with E-state index in [9.17, 15) is 14.9 Å². The Hall–Kier alpha value is -3.68. The first-order valence-electron chi connectivity index (χ1n) is 10.3. The Morgan fingerprint density at radius 1 is 1.23 bits per heavy atom. The Morgan fingerprint density at radius 3 is 2.71 bits per heavy atom. The Morgan fingerprint density at radius 2 is 2.00 bits per heavy atom. The number of aromatic nitrogens is 1. The van der Waals surface area contributed by atoms with Gasteiger partial charge in [0.2, 0.25) is 0 Å². The number of carbonyl (C=O) groups is 1. The van der Waals surface area contributed by atoms with Crippen LogP contribution in [0.15, 0.2) is 59.1 Å². The number of carbonyl (C=O) groups excluding carboxylic acids is 1. The SMILES string of the molecule is CN(CCCc1cc(-c2ccccc2)no1)C(=O)c1ccc(NC2CC2)c([N+](=O)[O-])c1. The molecule has 1 amide bonds. The summed E-state index contributed by atoms with van der Waals surface area (Å²) in [6.07, 6.45) is 3.36. The molecule has 1 aliphatic rings. The topological polar surface area (TPSA) is 102 Å². The summed E-state index contributed by atoms with van der Waals surface area (Å²) in [7, 11) is 1.69. The first kappa shape index (κ1) is 20.6. The standard InChI is InChI=1S/C23H24N4O4/c1-26(13-5-8-19-15-21(25-31-19)16-6-3-2-4-7-16)23(28)17-9-12-20(24-18-10-11-18)22(14-17)27(29)30/h2-4,6-7,9,12,14-15,18,24H,5,8,10-11,13H2,1H3. The Balaban J connectivity index is 1.34. The lowest BCUT2D eigenvalue weighted by Gasteiger charge is -2.17. The van der Waals surface area contributed by atoms with Crippen molar-refractivity contribution < 1.29 is 14.2 Å². The van der Waals surface area contributed by atoms with Crippen LogP contribution in [-0.2, 0) is 6.42 Å². The lowest BCUT2D eigenvalue weighted by atomic mass is 10.1. The first-order chi connectivity index (χ1) is 15.0. The van der Waals surface area contributed by atoms with Gasteiger partial charge in [0.15, 0.2) is 0 Å². The molecule has 0 saturated heterocycles. The van der Waals surface area contributed by atoms with Gasteiger partial charge in [-0.2, -0.15) is 0 Å². The second kappa shape index (κ2) is 8.99. The molecule has 0 aliphatic heterocycles. The molecule has 160 valence electrons. The summed E-state index contributed by atoms with van der Waals surface area (Å²) >= 11 is 0. The molecule has 0 bridgehead atoms. The second-order valence-electron chi connectivity index (χ2n) is 7.78. The lowest BCUT2D eigenvalue weighted by Crippen LogP contribution is -2.28. The van der Waals surface area contributed by atoms with Crippen molar-refractivity contribution in [3.63, 3.8) is 0 Å². The number of benzene rings is 2. The van der Waals surface area contributed by atoms with Crippen molar-refractivity contribution >= 4 is 17.3 Å². The number of hydrogen-bond acceptors (Lipinski definition) is 6. The number of nitrogens with one attached hydrogen (secondary N) is 1. The summed E-state index contributed by atoms with van der Waals surface area (Å²) in [5, 5.41) is 18.7. The van der Waals surface area contributed by atoms with E-state index < -0.39 is 4.92 Å². The van der Waals surface area contributed by atoms with Crippen molar-refractivity contribution in [2.75, 3.05) is 18.9 Å². The third-order valence-electron chi connectivity index (χ3n) is 5.27. The third kappa shape index (κ3) is 5.09. The number of nitro benzene ring substituents is 1. The number of rotatable bonds is 9. The predicted molar refractivity (Wildman–Crippen MR) is 117 cm³/mol. The highest BCUT2D eigenvalue weighted by Gasteiger charge is 2.26.